The lowest BCUT2D eigenvalue weighted by Gasteiger charge is -2.22. The summed E-state index contributed by atoms with van der Waals surface area (Å²) in [5.74, 6) is -1.48. The standard InChI is InChI=1S/C6H12O6.C4H8O3.C3H8O3.C2H5NO/c7-1-3(9)5(11)6(12)4(10)2-8;1-2-3(5)4(6)7;4-1-3(6)2-5;1-2(3)4/h1,3-6,8-12H,2H2;3,5H,2H2,1H3,(H,6,7);3-6H,1-2H2;1H3,(H2,3,4)/t3-,4+,5+,6+;;;/m0.../s1. The van der Waals surface area contributed by atoms with E-state index >= 15 is 0 Å². The maximum absolute atomic E-state index is 9.90. The first-order valence-corrected chi connectivity index (χ1v) is 8.12. The Morgan fingerprint density at radius 1 is 0.897 bits per heavy atom. The van der Waals surface area contributed by atoms with Crippen LogP contribution in [0.2, 0.25) is 0 Å². The van der Waals surface area contributed by atoms with Gasteiger partial charge < -0.3 is 61.6 Å². The van der Waals surface area contributed by atoms with Crippen LogP contribution in [0.15, 0.2) is 0 Å². The number of carboxylic acid groups (broad SMARTS) is 1. The van der Waals surface area contributed by atoms with E-state index in [-0.39, 0.29) is 31.8 Å². The van der Waals surface area contributed by atoms with Crippen LogP contribution in [0.3, 0.4) is 0 Å². The van der Waals surface area contributed by atoms with Gasteiger partial charge in [0.1, 0.15) is 30.5 Å². The Morgan fingerprint density at radius 3 is 1.41 bits per heavy atom. The molecule has 0 bridgehead atoms. The van der Waals surface area contributed by atoms with Crippen molar-refractivity contribution in [3.05, 3.63) is 0 Å². The molecule has 0 rings (SSSR count). The highest BCUT2D eigenvalue weighted by Crippen LogP contribution is 2.02. The van der Waals surface area contributed by atoms with E-state index in [1.807, 2.05) is 0 Å². The molecule has 0 aromatic rings. The summed E-state index contributed by atoms with van der Waals surface area (Å²) in [5, 5.41) is 83.8. The summed E-state index contributed by atoms with van der Waals surface area (Å²) >= 11 is 0. The van der Waals surface area contributed by atoms with Crippen molar-refractivity contribution in [2.24, 2.45) is 5.73 Å². The first kappa shape index (κ1) is 34.7. The molecular formula is C15H33NO13. The number of aliphatic hydroxyl groups excluding tert-OH is 9. The number of aliphatic carboxylic acids is 1. The fourth-order valence-corrected chi connectivity index (χ4v) is 0.850. The van der Waals surface area contributed by atoms with Gasteiger partial charge in [-0.05, 0) is 6.42 Å². The van der Waals surface area contributed by atoms with Crippen molar-refractivity contribution in [3.8, 4) is 0 Å². The molecule has 0 radical (unpaired) electrons. The molecule has 12 N–H and O–H groups in total. The molecule has 0 fully saturated rings. The molecule has 0 saturated carbocycles. The van der Waals surface area contributed by atoms with Crippen molar-refractivity contribution in [2.45, 2.75) is 56.9 Å². The molecule has 0 heterocycles. The van der Waals surface area contributed by atoms with Gasteiger partial charge in [-0.3, -0.25) is 4.79 Å². The van der Waals surface area contributed by atoms with E-state index in [0.29, 0.717) is 0 Å². The van der Waals surface area contributed by atoms with Crippen molar-refractivity contribution in [1.82, 2.24) is 0 Å². The number of carbonyl (C=O) groups is 3. The van der Waals surface area contributed by atoms with Crippen molar-refractivity contribution in [2.75, 3.05) is 19.8 Å². The van der Waals surface area contributed by atoms with Crippen LogP contribution in [0.1, 0.15) is 20.3 Å². The molecule has 1 unspecified atom stereocenters. The van der Waals surface area contributed by atoms with Gasteiger partial charge in [0.25, 0.3) is 0 Å². The molecule has 0 aromatic heterocycles. The van der Waals surface area contributed by atoms with E-state index in [0.717, 1.165) is 0 Å². The zero-order chi connectivity index (χ0) is 24.2. The van der Waals surface area contributed by atoms with E-state index in [2.05, 4.69) is 5.73 Å². The lowest BCUT2D eigenvalue weighted by molar-refractivity contribution is -0.146. The number of aliphatic hydroxyl groups is 9. The summed E-state index contributed by atoms with van der Waals surface area (Å²) in [6.07, 6.45) is -8.70. The van der Waals surface area contributed by atoms with Crippen LogP contribution < -0.4 is 5.73 Å². The molecule has 0 aliphatic carbocycles. The average Bonchev–Trinajstić information content (AvgIpc) is 2.70. The van der Waals surface area contributed by atoms with Crippen LogP contribution in [0.25, 0.3) is 0 Å². The van der Waals surface area contributed by atoms with Gasteiger partial charge in [0, 0.05) is 6.92 Å². The van der Waals surface area contributed by atoms with Gasteiger partial charge >= 0.3 is 5.97 Å². The van der Waals surface area contributed by atoms with E-state index in [4.69, 9.17) is 51.1 Å². The number of carboxylic acids is 1. The van der Waals surface area contributed by atoms with Gasteiger partial charge in [0.2, 0.25) is 5.91 Å². The predicted octanol–water partition coefficient (Wildman–Crippen LogP) is -5.71. The topological polar surface area (TPSA) is 280 Å². The Morgan fingerprint density at radius 2 is 1.28 bits per heavy atom. The number of carbonyl (C=O) groups excluding carboxylic acids is 2. The van der Waals surface area contributed by atoms with Crippen LogP contribution >= 0.6 is 0 Å². The van der Waals surface area contributed by atoms with Crippen molar-refractivity contribution < 1.29 is 65.4 Å². The molecule has 14 nitrogen and oxygen atoms in total. The third-order valence-corrected chi connectivity index (χ3v) is 2.51. The lowest BCUT2D eigenvalue weighted by Crippen LogP contribution is -2.46. The fraction of sp³-hybridized carbons (Fsp3) is 0.800. The minimum absolute atomic E-state index is 0.0258. The summed E-state index contributed by atoms with van der Waals surface area (Å²) < 4.78 is 0. The van der Waals surface area contributed by atoms with Crippen LogP contribution in [-0.4, -0.2) is 126 Å². The molecule has 14 heteroatoms. The minimum Gasteiger partial charge on any atom is -0.479 e. The molecule has 0 saturated heterocycles. The van der Waals surface area contributed by atoms with Gasteiger partial charge in [-0.25, -0.2) is 4.79 Å². The second-order valence-electron chi connectivity index (χ2n) is 5.25. The third kappa shape index (κ3) is 26.2. The quantitative estimate of drug-likeness (QED) is 0.151. The average molecular weight is 435 g/mol. The molecule has 0 spiro atoms. The van der Waals surface area contributed by atoms with Crippen molar-refractivity contribution in [1.29, 1.82) is 0 Å². The lowest BCUT2D eigenvalue weighted by atomic mass is 10.0. The molecular weight excluding hydrogens is 402 g/mol. The van der Waals surface area contributed by atoms with Crippen LogP contribution in [0.4, 0.5) is 0 Å². The summed E-state index contributed by atoms with van der Waals surface area (Å²) in [7, 11) is 0. The Kier molecular flexibility index (Phi) is 27.0. The van der Waals surface area contributed by atoms with E-state index in [1.54, 1.807) is 6.92 Å². The summed E-state index contributed by atoms with van der Waals surface area (Å²) in [5.41, 5.74) is 4.47. The maximum atomic E-state index is 9.90. The highest BCUT2D eigenvalue weighted by Gasteiger charge is 2.29. The number of rotatable bonds is 9. The number of primary amides is 1. The Labute approximate surface area is 167 Å². The zero-order valence-electron chi connectivity index (χ0n) is 16.1. The highest BCUT2D eigenvalue weighted by atomic mass is 16.4. The molecule has 176 valence electrons. The summed E-state index contributed by atoms with van der Waals surface area (Å²) in [6.45, 7) is 1.43. The van der Waals surface area contributed by atoms with Gasteiger partial charge in [-0.1, -0.05) is 6.92 Å². The SMILES string of the molecule is CC(N)=O.CCC(O)C(=O)O.O=C[C@H](O)[C@@H](O)[C@H](O)[C@H](O)CO.OCC(O)CO. The smallest absolute Gasteiger partial charge is 0.332 e. The zero-order valence-corrected chi connectivity index (χ0v) is 16.1. The van der Waals surface area contributed by atoms with E-state index < -0.39 is 49.2 Å². The van der Waals surface area contributed by atoms with Crippen LogP contribution in [0, 0.1) is 0 Å². The number of hydrogen-bond acceptors (Lipinski definition) is 12. The van der Waals surface area contributed by atoms with Gasteiger partial charge in [0.15, 0.2) is 12.4 Å². The largest absolute Gasteiger partial charge is 0.479 e. The number of hydrogen-bond donors (Lipinski definition) is 11. The first-order chi connectivity index (χ1) is 13.3. The molecule has 1 amide bonds. The Balaban J connectivity index is -0.000000157. The summed E-state index contributed by atoms with van der Waals surface area (Å²) in [6, 6.07) is 0. The number of amides is 1. The van der Waals surface area contributed by atoms with Crippen LogP contribution in [0.5, 0.6) is 0 Å². The third-order valence-electron chi connectivity index (χ3n) is 2.51. The normalized spacial score (nSPS) is 14.9. The molecule has 0 aliphatic rings. The fourth-order valence-electron chi connectivity index (χ4n) is 0.850. The van der Waals surface area contributed by atoms with Gasteiger partial charge in [-0.15, -0.1) is 0 Å². The van der Waals surface area contributed by atoms with Gasteiger partial charge in [0.05, 0.1) is 19.8 Å². The van der Waals surface area contributed by atoms with Crippen molar-refractivity contribution >= 4 is 18.2 Å². The minimum atomic E-state index is -1.79. The second-order valence-corrected chi connectivity index (χ2v) is 5.25. The summed E-state index contributed by atoms with van der Waals surface area (Å²) in [4.78, 5) is 28.8. The van der Waals surface area contributed by atoms with E-state index in [9.17, 15) is 14.4 Å². The Hall–Kier alpha value is -1.75. The number of nitrogens with two attached hydrogens (primary N) is 1. The van der Waals surface area contributed by atoms with Crippen molar-refractivity contribution in [3.63, 3.8) is 0 Å². The van der Waals surface area contributed by atoms with Crippen LogP contribution in [-0.2, 0) is 14.4 Å². The molecule has 0 aliphatic heterocycles. The molecule has 5 atom stereocenters. The monoisotopic (exact) mass is 435 g/mol. The van der Waals surface area contributed by atoms with Gasteiger partial charge in [-0.2, -0.15) is 0 Å². The van der Waals surface area contributed by atoms with E-state index in [1.165, 1.54) is 6.92 Å². The predicted molar refractivity (Wildman–Crippen MR) is 96.2 cm³/mol. The first-order valence-electron chi connectivity index (χ1n) is 8.12. The second kappa shape index (κ2) is 22.5. The highest BCUT2D eigenvalue weighted by molar-refractivity contribution is 5.71. The Bertz CT molecular complexity index is 402. The maximum Gasteiger partial charge on any atom is 0.332 e. The number of aldehydes is 1. The molecule has 0 aromatic carbocycles. The molecule has 29 heavy (non-hydrogen) atoms.